The molecule has 137 heavy (non-hydrogen) atoms. The number of nitrogens with zero attached hydrogens (tertiary/aromatic N) is 36. The maximum atomic E-state index is 6.03. The number of nitrogens with one attached hydrogen (secondary N) is 5. The first-order valence-electron chi connectivity index (χ1n) is 44.9. The molecule has 24 rings (SSSR count). The Morgan fingerprint density at radius 2 is 0.613 bits per heavy atom. The van der Waals surface area contributed by atoms with E-state index in [4.69, 9.17) is 11.5 Å². The van der Waals surface area contributed by atoms with Crippen LogP contribution in [0.5, 0.6) is 0 Å². The molecule has 9 N–H and O–H groups in total. The van der Waals surface area contributed by atoms with Gasteiger partial charge in [0.1, 0.15) is 23.3 Å². The number of nitrogens with two attached hydrogens (primary N) is 2. The molecule has 0 bridgehead atoms. The molecule has 24 heterocycles. The number of imidazole rings is 5. The number of hydrogen-bond donors (Lipinski definition) is 7. The largest absolute Gasteiger partial charge is 0.356 e. The molecule has 4 fully saturated rings. The van der Waals surface area contributed by atoms with Crippen molar-refractivity contribution in [2.45, 2.75) is 38.3 Å². The third kappa shape index (κ3) is 19.9. The zero-order valence-electron chi connectivity index (χ0n) is 76.9. The summed E-state index contributed by atoms with van der Waals surface area (Å²) in [5.74, 6) is 7.33. The van der Waals surface area contributed by atoms with Crippen LogP contribution in [0.2, 0.25) is 0 Å². The van der Waals surface area contributed by atoms with Gasteiger partial charge in [-0.3, -0.25) is 45.4 Å². The number of fused-ring (bicyclic) bond motifs is 5. The molecule has 43 nitrogen and oxygen atoms in total. The Hall–Kier alpha value is -16.6. The fourth-order valence-electron chi connectivity index (χ4n) is 16.8. The van der Waals surface area contributed by atoms with Crippen LogP contribution in [0.4, 0.5) is 80.2 Å². The quantitative estimate of drug-likeness (QED) is 0.0395. The lowest BCUT2D eigenvalue weighted by atomic mass is 10.1. The highest BCUT2D eigenvalue weighted by atomic mass is 32.1. The molecule has 0 saturated carbocycles. The number of hydrogen-bond acceptors (Lipinski definition) is 34. The van der Waals surface area contributed by atoms with Gasteiger partial charge in [0, 0.05) is 306 Å². The number of piperazine rings is 2. The number of thiazole rings is 1. The highest BCUT2D eigenvalue weighted by Gasteiger charge is 2.26. The SMILES string of the molecule is CN1CCN(c2cc(Nc3nccn4c(-c5cnn(C)c5)cnc34)ccn2)CC1.CN1CCN(c2ccc(Nc3nccn4c(-c5cnn(C)c5)cnc34)cn2)CC1.Cc1csc(Nc2nccn3c(-c4cnn(C)c4)cnc23)n1.Cn1cc(-c2cnc3c(Nc4ccnc(N5CCC(N)CC5)c4)nccn23)cn1.Cn1cc(-c2cnc3c(Nc4ccnc(N5CC[C@@H](N)C5)c4)nccn23)cn1. The summed E-state index contributed by atoms with van der Waals surface area (Å²) in [4.78, 5) is 81.5. The number of rotatable bonds is 19. The first-order chi connectivity index (χ1) is 66.9. The molecule has 1 atom stereocenters. The van der Waals surface area contributed by atoms with Gasteiger partial charge in [0.15, 0.2) is 62.5 Å². The second kappa shape index (κ2) is 39.3. The van der Waals surface area contributed by atoms with Crippen LogP contribution >= 0.6 is 11.3 Å². The van der Waals surface area contributed by atoms with Crippen LogP contribution in [0, 0.1) is 6.92 Å². The standard InChI is InChI=1S/3C20H23N9.C19H21N9.C14H13N7S/c1-27-13-14(11-25-27)17-12-24-20-19(23-6-9-29(17)20)26-16-2-5-22-18(10-16)28-7-3-15(21)4-8-28;1-26-7-9-28(10-8-26)18-11-16(3-4-21-18)25-19-20-23-13-17(29(20)6-5-22-19)15-12-24-27(2)14-15;1-26-7-9-28(10-8-26)18-4-3-16(12-22-18)25-19-20-23-13-17(29(20)6-5-21-19)15-11-24-27(2)14-15;1-26-11-13(9-24-26)16-10-23-19-18(22-5-7-28(16)19)25-15-2-4-21-17(8-15)27-6-3-14(20)12-27;1-9-8-22-14(18-9)19-12-13-16-6-11(21(13)4-3-15-12)10-5-17-20(2)7-10/h2,5-6,9-13,15H,3-4,7-8,21H2,1H3,(H,22,23,26);3-6,11-14H,7-10H2,1-2H3,(H,21,22,25);3-6,11-14H,7-10H2,1-2H3,(H,21,25);2,4-5,7-11,14H,3,6,12,20H2,1H3,(H,21,22,25);3-8H,1-2H3,(H,15,18,19)/t;;;14-;/m...1./s1. The fourth-order valence-corrected chi connectivity index (χ4v) is 17.5. The summed E-state index contributed by atoms with van der Waals surface area (Å²) in [6.45, 7) is 13.8. The van der Waals surface area contributed by atoms with Gasteiger partial charge in [-0.2, -0.15) is 25.5 Å². The summed E-state index contributed by atoms with van der Waals surface area (Å²) < 4.78 is 18.9. The average molecular weight is 1860 g/mol. The molecule has 4 aliphatic rings. The minimum absolute atomic E-state index is 0.213. The number of pyridine rings is 4. The molecule has 0 aliphatic carbocycles. The zero-order valence-corrected chi connectivity index (χ0v) is 77.7. The molecule has 0 unspecified atom stereocenters. The van der Waals surface area contributed by atoms with Crippen LogP contribution in [0.25, 0.3) is 84.5 Å². The molecule has 4 saturated heterocycles. The summed E-state index contributed by atoms with van der Waals surface area (Å²) in [6.07, 6.45) is 56.8. The van der Waals surface area contributed by atoms with Gasteiger partial charge in [0.05, 0.1) is 108 Å². The van der Waals surface area contributed by atoms with Crippen molar-refractivity contribution >= 4 is 120 Å². The smallest absolute Gasteiger partial charge is 0.188 e. The van der Waals surface area contributed by atoms with Gasteiger partial charge in [0.2, 0.25) is 0 Å². The number of aryl methyl sites for hydroxylation is 6. The van der Waals surface area contributed by atoms with Crippen LogP contribution < -0.4 is 57.7 Å². The minimum atomic E-state index is 0.213. The average Bonchev–Trinajstić information content (AvgIpc) is 1.66. The van der Waals surface area contributed by atoms with Gasteiger partial charge in [-0.05, 0) is 70.6 Å². The van der Waals surface area contributed by atoms with Crippen molar-refractivity contribution in [3.63, 3.8) is 0 Å². The molecule has 20 aromatic rings. The van der Waals surface area contributed by atoms with Crippen molar-refractivity contribution in [1.29, 1.82) is 0 Å². The second-order valence-corrected chi connectivity index (χ2v) is 34.9. The molecule has 44 heteroatoms. The topological polar surface area (TPSA) is 436 Å². The van der Waals surface area contributed by atoms with Crippen LogP contribution in [-0.2, 0) is 35.2 Å². The lowest BCUT2D eigenvalue weighted by molar-refractivity contribution is 0.312. The molecule has 0 amide bonds. The van der Waals surface area contributed by atoms with E-state index in [-0.39, 0.29) is 6.04 Å². The first kappa shape index (κ1) is 88.3. The van der Waals surface area contributed by atoms with Crippen molar-refractivity contribution in [3.05, 3.63) is 239 Å². The number of likely N-dealkylation sites (N-methyl/N-ethyl adjacent to an activating group) is 2. The lowest BCUT2D eigenvalue weighted by Crippen LogP contribution is -2.44. The maximum absolute atomic E-state index is 6.03. The van der Waals surface area contributed by atoms with E-state index in [0.29, 0.717) is 35.1 Å². The van der Waals surface area contributed by atoms with Crippen LogP contribution in [0.15, 0.2) is 234 Å². The van der Waals surface area contributed by atoms with Crippen molar-refractivity contribution < 1.29 is 0 Å². The molecule has 4 aliphatic heterocycles. The van der Waals surface area contributed by atoms with Gasteiger partial charge >= 0.3 is 0 Å². The molecular formula is C93H103N43S. The number of aromatic nitrogens is 30. The van der Waals surface area contributed by atoms with E-state index in [1.807, 2.05) is 248 Å². The van der Waals surface area contributed by atoms with E-state index < -0.39 is 0 Å². The van der Waals surface area contributed by atoms with E-state index in [0.717, 1.165) is 239 Å². The predicted octanol–water partition coefficient (Wildman–Crippen LogP) is 10.7. The van der Waals surface area contributed by atoms with E-state index >= 15 is 0 Å². The molecule has 20 aromatic heterocycles. The Labute approximate surface area is 790 Å². The van der Waals surface area contributed by atoms with Gasteiger partial charge < -0.3 is 67.5 Å². The van der Waals surface area contributed by atoms with E-state index in [2.05, 4.69) is 182 Å². The highest BCUT2D eigenvalue weighted by molar-refractivity contribution is 7.13. The van der Waals surface area contributed by atoms with Crippen LogP contribution in [-0.4, -0.2) is 260 Å². The Kier molecular flexibility index (Phi) is 25.3. The van der Waals surface area contributed by atoms with Gasteiger partial charge in [-0.15, -0.1) is 11.3 Å². The lowest BCUT2D eigenvalue weighted by Gasteiger charge is -2.33. The predicted molar refractivity (Wildman–Crippen MR) is 530 cm³/mol. The molecule has 0 radical (unpaired) electrons. The van der Waals surface area contributed by atoms with E-state index in [1.165, 1.54) is 0 Å². The molecular weight excluding hydrogens is 1750 g/mol. The minimum Gasteiger partial charge on any atom is -0.356 e. The molecule has 0 spiro atoms. The Morgan fingerprint density at radius 3 is 0.920 bits per heavy atom. The summed E-state index contributed by atoms with van der Waals surface area (Å²) in [7, 11) is 13.8. The maximum Gasteiger partial charge on any atom is 0.188 e. The number of anilines is 14. The third-order valence-electron chi connectivity index (χ3n) is 24.1. The molecule has 0 aromatic carbocycles. The highest BCUT2D eigenvalue weighted by Crippen LogP contribution is 2.35. The summed E-state index contributed by atoms with van der Waals surface area (Å²) in [5, 5.41) is 40.8. The second-order valence-electron chi connectivity index (χ2n) is 34.0. The Bertz CT molecular complexity index is 7340. The van der Waals surface area contributed by atoms with Gasteiger partial charge in [-0.25, -0.2) is 74.8 Å². The summed E-state index contributed by atoms with van der Waals surface area (Å²) >= 11 is 1.55. The molecule has 696 valence electrons. The van der Waals surface area contributed by atoms with E-state index in [1.54, 1.807) is 71.9 Å². The third-order valence-corrected chi connectivity index (χ3v) is 25.0. The van der Waals surface area contributed by atoms with Crippen molar-refractivity contribution in [2.24, 2.45) is 46.7 Å². The van der Waals surface area contributed by atoms with Crippen LogP contribution in [0.1, 0.15) is 25.0 Å². The first-order valence-corrected chi connectivity index (χ1v) is 45.8. The van der Waals surface area contributed by atoms with Crippen molar-refractivity contribution in [3.8, 4) is 56.3 Å². The Morgan fingerprint density at radius 1 is 0.299 bits per heavy atom. The van der Waals surface area contributed by atoms with Crippen molar-refractivity contribution in [2.75, 3.05) is 139 Å². The fraction of sp³-hybridized carbons (Fsp3) is 0.269. The Balaban J connectivity index is 0.000000106. The van der Waals surface area contributed by atoms with Gasteiger partial charge in [-0.1, -0.05) is 0 Å². The van der Waals surface area contributed by atoms with Gasteiger partial charge in [0.25, 0.3) is 0 Å². The summed E-state index contributed by atoms with van der Waals surface area (Å²) in [6, 6.07) is 16.6. The zero-order chi connectivity index (χ0) is 93.6. The van der Waals surface area contributed by atoms with Crippen molar-refractivity contribution in [1.82, 2.24) is 155 Å². The monoisotopic (exact) mass is 1850 g/mol. The normalized spacial score (nSPS) is 14.9. The number of piperidine rings is 1. The van der Waals surface area contributed by atoms with E-state index in [9.17, 15) is 0 Å². The van der Waals surface area contributed by atoms with Crippen LogP contribution in [0.3, 0.4) is 0 Å². The summed E-state index contributed by atoms with van der Waals surface area (Å²) in [5.41, 5.74) is 30.4.